The fraction of sp³-hybridized carbons (Fsp3) is 0.625. The molecule has 0 aromatic heterocycles. The molecule has 1 aliphatic rings. The summed E-state index contributed by atoms with van der Waals surface area (Å²) in [5, 5.41) is 0.156. The van der Waals surface area contributed by atoms with Crippen LogP contribution in [-0.4, -0.2) is 18.2 Å². The van der Waals surface area contributed by atoms with Crippen molar-refractivity contribution in [3.63, 3.8) is 0 Å². The van der Waals surface area contributed by atoms with Crippen molar-refractivity contribution >= 4 is 11.6 Å². The van der Waals surface area contributed by atoms with Crippen LogP contribution in [0, 0.1) is 5.82 Å². The third-order valence-corrected chi connectivity index (χ3v) is 4.54. The fourth-order valence-corrected chi connectivity index (χ4v) is 3.37. The van der Waals surface area contributed by atoms with Crippen LogP contribution >= 0.6 is 11.6 Å². The van der Waals surface area contributed by atoms with Crippen molar-refractivity contribution in [2.24, 2.45) is 5.73 Å². The van der Waals surface area contributed by atoms with Gasteiger partial charge in [-0.1, -0.05) is 36.9 Å². The van der Waals surface area contributed by atoms with E-state index < -0.39 is 0 Å². The molecule has 1 fully saturated rings. The van der Waals surface area contributed by atoms with Crippen LogP contribution < -0.4 is 5.73 Å². The van der Waals surface area contributed by atoms with Crippen molar-refractivity contribution in [1.82, 2.24) is 0 Å². The van der Waals surface area contributed by atoms with Gasteiger partial charge in [0, 0.05) is 12.6 Å². The van der Waals surface area contributed by atoms with Crippen LogP contribution in [0.2, 0.25) is 5.02 Å². The molecule has 0 bridgehead atoms. The summed E-state index contributed by atoms with van der Waals surface area (Å²) in [5.41, 5.74) is 7.17. The SMILES string of the molecule is CCOC1(C(N)Cc2ccc(F)c(Cl)c2)CCCCC1. The van der Waals surface area contributed by atoms with Gasteiger partial charge >= 0.3 is 0 Å². The second-order valence-electron chi connectivity index (χ2n) is 5.62. The zero-order valence-electron chi connectivity index (χ0n) is 12.0. The summed E-state index contributed by atoms with van der Waals surface area (Å²) in [6.07, 6.45) is 6.27. The van der Waals surface area contributed by atoms with Gasteiger partial charge in [0.1, 0.15) is 5.82 Å². The Bertz CT molecular complexity index is 441. The van der Waals surface area contributed by atoms with Crippen molar-refractivity contribution in [2.45, 2.75) is 57.1 Å². The molecule has 1 unspecified atom stereocenters. The first-order valence-corrected chi connectivity index (χ1v) is 7.78. The average molecular weight is 300 g/mol. The zero-order valence-corrected chi connectivity index (χ0v) is 12.8. The van der Waals surface area contributed by atoms with Gasteiger partial charge in [0.05, 0.1) is 10.6 Å². The predicted octanol–water partition coefficient (Wildman–Crippen LogP) is 4.09. The highest BCUT2D eigenvalue weighted by atomic mass is 35.5. The number of benzene rings is 1. The van der Waals surface area contributed by atoms with Crippen LogP contribution in [0.3, 0.4) is 0 Å². The highest BCUT2D eigenvalue weighted by molar-refractivity contribution is 6.30. The van der Waals surface area contributed by atoms with Gasteiger partial charge in [0.15, 0.2) is 0 Å². The summed E-state index contributed by atoms with van der Waals surface area (Å²) in [6.45, 7) is 2.69. The lowest BCUT2D eigenvalue weighted by Crippen LogP contribution is -2.52. The predicted molar refractivity (Wildman–Crippen MR) is 80.5 cm³/mol. The quantitative estimate of drug-likeness (QED) is 0.889. The Labute approximate surface area is 125 Å². The van der Waals surface area contributed by atoms with Crippen LogP contribution in [-0.2, 0) is 11.2 Å². The molecule has 0 aliphatic heterocycles. The molecule has 4 heteroatoms. The van der Waals surface area contributed by atoms with E-state index in [4.69, 9.17) is 22.1 Å². The number of halogens is 2. The van der Waals surface area contributed by atoms with Gasteiger partial charge < -0.3 is 10.5 Å². The third-order valence-electron chi connectivity index (χ3n) is 4.25. The van der Waals surface area contributed by atoms with Gasteiger partial charge in [-0.15, -0.1) is 0 Å². The zero-order chi connectivity index (χ0) is 14.6. The van der Waals surface area contributed by atoms with E-state index in [0.29, 0.717) is 13.0 Å². The minimum atomic E-state index is -0.388. The summed E-state index contributed by atoms with van der Waals surface area (Å²) >= 11 is 5.83. The minimum absolute atomic E-state index is 0.0794. The number of nitrogens with two attached hydrogens (primary N) is 1. The topological polar surface area (TPSA) is 35.2 Å². The first-order valence-electron chi connectivity index (χ1n) is 7.41. The molecule has 1 aromatic rings. The molecule has 0 radical (unpaired) electrons. The second kappa shape index (κ2) is 6.88. The molecule has 1 aliphatic carbocycles. The van der Waals surface area contributed by atoms with Crippen LogP contribution in [0.15, 0.2) is 18.2 Å². The van der Waals surface area contributed by atoms with Crippen LogP contribution in [0.5, 0.6) is 0 Å². The molecule has 112 valence electrons. The maximum Gasteiger partial charge on any atom is 0.141 e. The largest absolute Gasteiger partial charge is 0.374 e. The summed E-state index contributed by atoms with van der Waals surface area (Å²) in [5.74, 6) is -0.388. The Hall–Kier alpha value is -0.640. The van der Waals surface area contributed by atoms with E-state index >= 15 is 0 Å². The lowest BCUT2D eigenvalue weighted by molar-refractivity contribution is -0.0817. The standard InChI is InChI=1S/C16H23ClFNO/c1-2-20-16(8-4-3-5-9-16)15(19)11-12-6-7-14(18)13(17)10-12/h6-7,10,15H,2-5,8-9,11,19H2,1H3. The van der Waals surface area contributed by atoms with Crippen LogP contribution in [0.4, 0.5) is 4.39 Å². The minimum Gasteiger partial charge on any atom is -0.374 e. The molecule has 0 saturated heterocycles. The van der Waals surface area contributed by atoms with Crippen molar-refractivity contribution < 1.29 is 9.13 Å². The van der Waals surface area contributed by atoms with Crippen molar-refractivity contribution in [2.75, 3.05) is 6.61 Å². The number of hydrogen-bond donors (Lipinski definition) is 1. The highest BCUT2D eigenvalue weighted by Crippen LogP contribution is 2.35. The monoisotopic (exact) mass is 299 g/mol. The smallest absolute Gasteiger partial charge is 0.141 e. The molecule has 2 N–H and O–H groups in total. The Kier molecular flexibility index (Phi) is 5.42. The molecule has 1 saturated carbocycles. The van der Waals surface area contributed by atoms with Crippen molar-refractivity contribution in [3.05, 3.63) is 34.6 Å². The van der Waals surface area contributed by atoms with Gasteiger partial charge in [-0.2, -0.15) is 0 Å². The van der Waals surface area contributed by atoms with E-state index in [2.05, 4.69) is 0 Å². The summed E-state index contributed by atoms with van der Waals surface area (Å²) in [6, 6.07) is 4.74. The molecular formula is C16H23ClFNO. The van der Waals surface area contributed by atoms with E-state index in [9.17, 15) is 4.39 Å². The van der Waals surface area contributed by atoms with Crippen molar-refractivity contribution in [1.29, 1.82) is 0 Å². The normalized spacial score (nSPS) is 19.8. The van der Waals surface area contributed by atoms with Gasteiger partial charge in [-0.3, -0.25) is 0 Å². The molecule has 2 nitrogen and oxygen atoms in total. The number of ether oxygens (including phenoxy) is 1. The maximum atomic E-state index is 13.2. The lowest BCUT2D eigenvalue weighted by atomic mass is 9.77. The van der Waals surface area contributed by atoms with Gasteiger partial charge in [-0.05, 0) is 43.9 Å². The summed E-state index contributed by atoms with van der Waals surface area (Å²) in [7, 11) is 0. The van der Waals surface area contributed by atoms with E-state index in [0.717, 1.165) is 31.2 Å². The van der Waals surface area contributed by atoms with E-state index in [-0.39, 0.29) is 22.5 Å². The molecule has 1 atom stereocenters. The first kappa shape index (κ1) is 15.7. The number of rotatable bonds is 5. The summed E-state index contributed by atoms with van der Waals surface area (Å²) in [4.78, 5) is 0. The molecule has 20 heavy (non-hydrogen) atoms. The maximum absolute atomic E-state index is 13.2. The van der Waals surface area contributed by atoms with Gasteiger partial charge in [-0.25, -0.2) is 4.39 Å². The third kappa shape index (κ3) is 3.51. The van der Waals surface area contributed by atoms with Crippen LogP contribution in [0.1, 0.15) is 44.6 Å². The Morgan fingerprint density at radius 1 is 1.35 bits per heavy atom. The van der Waals surface area contributed by atoms with Gasteiger partial charge in [0.2, 0.25) is 0 Å². The molecular weight excluding hydrogens is 277 g/mol. The van der Waals surface area contributed by atoms with Gasteiger partial charge in [0.25, 0.3) is 0 Å². The highest BCUT2D eigenvalue weighted by Gasteiger charge is 2.38. The Morgan fingerprint density at radius 3 is 2.65 bits per heavy atom. The van der Waals surface area contributed by atoms with Crippen LogP contribution in [0.25, 0.3) is 0 Å². The number of hydrogen-bond acceptors (Lipinski definition) is 2. The molecule has 0 heterocycles. The average Bonchev–Trinajstić information content (AvgIpc) is 2.44. The van der Waals surface area contributed by atoms with Crippen molar-refractivity contribution in [3.8, 4) is 0 Å². The Balaban J connectivity index is 2.11. The molecule has 1 aromatic carbocycles. The molecule has 0 spiro atoms. The lowest BCUT2D eigenvalue weighted by Gasteiger charge is -2.41. The first-order chi connectivity index (χ1) is 9.57. The molecule has 2 rings (SSSR count). The second-order valence-corrected chi connectivity index (χ2v) is 6.02. The van der Waals surface area contributed by atoms with E-state index in [1.807, 2.05) is 6.92 Å². The fourth-order valence-electron chi connectivity index (χ4n) is 3.17. The summed E-state index contributed by atoms with van der Waals surface area (Å²) < 4.78 is 19.2. The molecule has 0 amide bonds. The Morgan fingerprint density at radius 2 is 2.05 bits per heavy atom. The van der Waals surface area contributed by atoms with E-state index in [1.54, 1.807) is 12.1 Å². The van der Waals surface area contributed by atoms with E-state index in [1.165, 1.54) is 12.5 Å².